The Labute approximate surface area is 105 Å². The first-order valence-corrected chi connectivity index (χ1v) is 6.43. The molecule has 0 N–H and O–H groups in total. The number of hydrogen-bond acceptors (Lipinski definition) is 2. The topological polar surface area (TPSA) is 9.23 Å². The average Bonchev–Trinajstić information content (AvgIpc) is 2.73. The molecular formula is C13H13ClOS. The molecule has 16 heavy (non-hydrogen) atoms. The van der Waals surface area contributed by atoms with Crippen LogP contribution in [-0.2, 0) is 13.0 Å². The maximum atomic E-state index is 5.84. The lowest BCUT2D eigenvalue weighted by molar-refractivity contribution is 0.310. The van der Waals surface area contributed by atoms with Crippen molar-refractivity contribution in [2.24, 2.45) is 0 Å². The zero-order chi connectivity index (χ0) is 11.4. The quantitative estimate of drug-likeness (QED) is 0.776. The second kappa shape index (κ2) is 5.37. The lowest BCUT2D eigenvalue weighted by Gasteiger charge is -2.05. The number of rotatable bonds is 4. The molecule has 2 aromatic rings. The van der Waals surface area contributed by atoms with Crippen LogP contribution in [0.1, 0.15) is 17.4 Å². The van der Waals surface area contributed by atoms with Crippen LogP contribution in [0.15, 0.2) is 36.4 Å². The van der Waals surface area contributed by atoms with E-state index < -0.39 is 0 Å². The third-order valence-corrected chi connectivity index (χ3v) is 3.55. The molecule has 3 heteroatoms. The molecular weight excluding hydrogens is 240 g/mol. The molecule has 0 amide bonds. The van der Waals surface area contributed by atoms with Gasteiger partial charge in [0.1, 0.15) is 12.4 Å². The summed E-state index contributed by atoms with van der Waals surface area (Å²) in [7, 11) is 0. The van der Waals surface area contributed by atoms with E-state index in [0.29, 0.717) is 6.61 Å². The minimum atomic E-state index is 0.586. The lowest BCUT2D eigenvalue weighted by atomic mass is 10.2. The zero-order valence-electron chi connectivity index (χ0n) is 9.07. The van der Waals surface area contributed by atoms with Crippen LogP contribution in [0.5, 0.6) is 5.75 Å². The van der Waals surface area contributed by atoms with Gasteiger partial charge in [0.15, 0.2) is 0 Å². The van der Waals surface area contributed by atoms with E-state index >= 15 is 0 Å². The van der Waals surface area contributed by atoms with E-state index in [-0.39, 0.29) is 0 Å². The molecule has 0 aliphatic carbocycles. The van der Waals surface area contributed by atoms with E-state index in [2.05, 4.69) is 19.1 Å². The second-order valence-corrected chi connectivity index (χ2v) is 5.29. The lowest BCUT2D eigenvalue weighted by Crippen LogP contribution is -1.92. The van der Waals surface area contributed by atoms with Crippen LogP contribution in [0.4, 0.5) is 0 Å². The maximum absolute atomic E-state index is 5.84. The summed E-state index contributed by atoms with van der Waals surface area (Å²) in [6, 6.07) is 12.1. The molecule has 0 saturated carbocycles. The van der Waals surface area contributed by atoms with Crippen molar-refractivity contribution >= 4 is 22.9 Å². The van der Waals surface area contributed by atoms with Crippen LogP contribution in [0.3, 0.4) is 0 Å². The monoisotopic (exact) mass is 252 g/mol. The molecule has 0 radical (unpaired) electrons. The van der Waals surface area contributed by atoms with E-state index in [1.165, 1.54) is 5.56 Å². The molecule has 0 aliphatic heterocycles. The number of aryl methyl sites for hydroxylation is 1. The molecule has 2 rings (SSSR count). The van der Waals surface area contributed by atoms with Gasteiger partial charge in [-0.25, -0.2) is 0 Å². The van der Waals surface area contributed by atoms with E-state index in [0.717, 1.165) is 21.4 Å². The fourth-order valence-corrected chi connectivity index (χ4v) is 2.41. The summed E-state index contributed by atoms with van der Waals surface area (Å²) >= 11 is 7.40. The molecule has 0 saturated heterocycles. The van der Waals surface area contributed by atoms with Crippen LogP contribution in [0.2, 0.25) is 4.34 Å². The molecule has 0 atom stereocenters. The molecule has 84 valence electrons. The predicted octanol–water partition coefficient (Wildman–Crippen LogP) is 4.54. The molecule has 0 spiro atoms. The van der Waals surface area contributed by atoms with E-state index in [1.54, 1.807) is 11.3 Å². The van der Waals surface area contributed by atoms with Crippen molar-refractivity contribution in [1.82, 2.24) is 0 Å². The summed E-state index contributed by atoms with van der Waals surface area (Å²) in [6.07, 6.45) is 1.06. The highest BCUT2D eigenvalue weighted by Gasteiger charge is 1.99. The second-order valence-electron chi connectivity index (χ2n) is 3.49. The van der Waals surface area contributed by atoms with Crippen molar-refractivity contribution in [3.8, 4) is 5.75 Å². The Bertz CT molecular complexity index is 447. The van der Waals surface area contributed by atoms with Gasteiger partial charge in [0.25, 0.3) is 0 Å². The highest BCUT2D eigenvalue weighted by Crippen LogP contribution is 2.23. The van der Waals surface area contributed by atoms with Crippen molar-refractivity contribution in [2.45, 2.75) is 20.0 Å². The highest BCUT2D eigenvalue weighted by atomic mass is 35.5. The Morgan fingerprint density at radius 2 is 1.88 bits per heavy atom. The standard InChI is InChI=1S/C13H13ClOS/c1-2-10-3-5-11(6-4-10)15-9-12-7-8-13(14)16-12/h3-8H,2,9H2,1H3. The van der Waals surface area contributed by atoms with E-state index in [1.807, 2.05) is 24.3 Å². The summed E-state index contributed by atoms with van der Waals surface area (Å²) in [4.78, 5) is 1.14. The first-order valence-electron chi connectivity index (χ1n) is 5.24. The Morgan fingerprint density at radius 1 is 1.12 bits per heavy atom. The Morgan fingerprint density at radius 3 is 2.44 bits per heavy atom. The Kier molecular flexibility index (Phi) is 3.86. The molecule has 1 aromatic carbocycles. The van der Waals surface area contributed by atoms with Crippen molar-refractivity contribution in [2.75, 3.05) is 0 Å². The third kappa shape index (κ3) is 3.00. The predicted molar refractivity (Wildman–Crippen MR) is 69.5 cm³/mol. The van der Waals surface area contributed by atoms with Gasteiger partial charge in [-0.3, -0.25) is 0 Å². The van der Waals surface area contributed by atoms with Crippen LogP contribution < -0.4 is 4.74 Å². The van der Waals surface area contributed by atoms with Gasteiger partial charge in [0.2, 0.25) is 0 Å². The molecule has 1 aromatic heterocycles. The van der Waals surface area contributed by atoms with Gasteiger partial charge in [-0.15, -0.1) is 11.3 Å². The zero-order valence-corrected chi connectivity index (χ0v) is 10.6. The SMILES string of the molecule is CCc1ccc(OCc2ccc(Cl)s2)cc1. The van der Waals surface area contributed by atoms with Crippen molar-refractivity contribution in [1.29, 1.82) is 0 Å². The minimum Gasteiger partial charge on any atom is -0.488 e. The third-order valence-electron chi connectivity index (χ3n) is 2.34. The van der Waals surface area contributed by atoms with Crippen molar-refractivity contribution < 1.29 is 4.74 Å². The van der Waals surface area contributed by atoms with Crippen LogP contribution in [0.25, 0.3) is 0 Å². The van der Waals surface area contributed by atoms with Gasteiger partial charge < -0.3 is 4.74 Å². The van der Waals surface area contributed by atoms with Gasteiger partial charge >= 0.3 is 0 Å². The molecule has 0 bridgehead atoms. The van der Waals surface area contributed by atoms with E-state index in [9.17, 15) is 0 Å². The summed E-state index contributed by atoms with van der Waals surface area (Å²) < 4.78 is 6.46. The van der Waals surface area contributed by atoms with Crippen molar-refractivity contribution in [3.63, 3.8) is 0 Å². The normalized spacial score (nSPS) is 10.4. The Hall–Kier alpha value is -0.990. The molecule has 0 aliphatic rings. The van der Waals surface area contributed by atoms with Gasteiger partial charge in [0, 0.05) is 4.88 Å². The fourth-order valence-electron chi connectivity index (χ4n) is 1.41. The highest BCUT2D eigenvalue weighted by molar-refractivity contribution is 7.16. The number of ether oxygens (including phenoxy) is 1. The van der Waals surface area contributed by atoms with Gasteiger partial charge in [-0.05, 0) is 36.2 Å². The number of thiophene rings is 1. The smallest absolute Gasteiger partial charge is 0.122 e. The molecule has 0 unspecified atom stereocenters. The summed E-state index contributed by atoms with van der Waals surface area (Å²) in [6.45, 7) is 2.73. The average molecular weight is 253 g/mol. The maximum Gasteiger partial charge on any atom is 0.122 e. The van der Waals surface area contributed by atoms with Crippen LogP contribution >= 0.6 is 22.9 Å². The first kappa shape index (κ1) is 11.5. The van der Waals surface area contributed by atoms with Gasteiger partial charge in [-0.1, -0.05) is 30.7 Å². The molecule has 1 nitrogen and oxygen atoms in total. The van der Waals surface area contributed by atoms with E-state index in [4.69, 9.17) is 16.3 Å². The number of benzene rings is 1. The largest absolute Gasteiger partial charge is 0.488 e. The minimum absolute atomic E-state index is 0.586. The number of halogens is 1. The molecule has 1 heterocycles. The summed E-state index contributed by atoms with van der Waals surface area (Å²) in [5.74, 6) is 0.904. The van der Waals surface area contributed by atoms with Crippen LogP contribution in [-0.4, -0.2) is 0 Å². The number of hydrogen-bond donors (Lipinski definition) is 0. The van der Waals surface area contributed by atoms with Crippen molar-refractivity contribution in [3.05, 3.63) is 51.2 Å². The van der Waals surface area contributed by atoms with Crippen LogP contribution in [0, 0.1) is 0 Å². The first-order chi connectivity index (χ1) is 7.78. The Balaban J connectivity index is 1.94. The summed E-state index contributed by atoms with van der Waals surface area (Å²) in [5.41, 5.74) is 1.33. The van der Waals surface area contributed by atoms with Gasteiger partial charge in [-0.2, -0.15) is 0 Å². The summed E-state index contributed by atoms with van der Waals surface area (Å²) in [5, 5.41) is 0. The molecule has 0 fully saturated rings. The fraction of sp³-hybridized carbons (Fsp3) is 0.231. The van der Waals surface area contributed by atoms with Gasteiger partial charge in [0.05, 0.1) is 4.34 Å².